The summed E-state index contributed by atoms with van der Waals surface area (Å²) in [5.41, 5.74) is 12.1. The van der Waals surface area contributed by atoms with Crippen LogP contribution < -0.4 is 4.90 Å². The number of anilines is 3. The third-order valence-corrected chi connectivity index (χ3v) is 8.29. The highest BCUT2D eigenvalue weighted by atomic mass is 16.3. The minimum absolute atomic E-state index is 0.875. The first-order chi connectivity index (χ1) is 21.8. The van der Waals surface area contributed by atoms with Crippen molar-refractivity contribution in [3.05, 3.63) is 176 Å². The lowest BCUT2D eigenvalue weighted by molar-refractivity contribution is 0.669. The number of fused-ring (bicyclic) bond motifs is 3. The number of hydrogen-bond donors (Lipinski definition) is 0. The summed E-state index contributed by atoms with van der Waals surface area (Å²) in [6, 6.07) is 62.1. The Morgan fingerprint density at radius 3 is 1.43 bits per heavy atom. The lowest BCUT2D eigenvalue weighted by Gasteiger charge is -2.26. The number of para-hydroxylation sites is 2. The number of nitrogens with zero attached hydrogens (tertiary/aromatic N) is 1. The molecule has 0 aliphatic carbocycles. The molecule has 0 radical (unpaired) electrons. The average Bonchev–Trinajstić information content (AvgIpc) is 3.49. The zero-order valence-corrected chi connectivity index (χ0v) is 24.1. The first-order valence-electron chi connectivity index (χ1n) is 14.9. The maximum Gasteiger partial charge on any atom is 0.159 e. The lowest BCUT2D eigenvalue weighted by atomic mass is 9.99. The van der Waals surface area contributed by atoms with Gasteiger partial charge in [0.15, 0.2) is 5.58 Å². The normalized spacial score (nSPS) is 11.2. The standard InChI is InChI=1S/C42H29NO/c1-3-11-30(12-4-1)32-21-25-36(26-22-32)43(40-19-10-18-39-38-17-7-8-20-41(38)44-42(39)40)37-27-23-33(24-28-37)35-16-9-15-34(29-35)31-13-5-2-6-14-31/h1-29H. The van der Waals surface area contributed by atoms with Gasteiger partial charge in [0.05, 0.1) is 5.69 Å². The Kier molecular flexibility index (Phi) is 6.51. The molecule has 1 heterocycles. The van der Waals surface area contributed by atoms with Crippen molar-refractivity contribution in [2.24, 2.45) is 0 Å². The van der Waals surface area contributed by atoms with Gasteiger partial charge in [-0.3, -0.25) is 0 Å². The van der Waals surface area contributed by atoms with Gasteiger partial charge in [-0.1, -0.05) is 133 Å². The van der Waals surface area contributed by atoms with Crippen LogP contribution in [0, 0.1) is 0 Å². The summed E-state index contributed by atoms with van der Waals surface area (Å²) in [5.74, 6) is 0. The van der Waals surface area contributed by atoms with Crippen LogP contribution in [-0.2, 0) is 0 Å². The lowest BCUT2D eigenvalue weighted by Crippen LogP contribution is -2.10. The topological polar surface area (TPSA) is 16.4 Å². The molecule has 2 heteroatoms. The highest BCUT2D eigenvalue weighted by molar-refractivity contribution is 6.10. The van der Waals surface area contributed by atoms with Crippen LogP contribution in [0.25, 0.3) is 55.3 Å². The minimum atomic E-state index is 0.875. The van der Waals surface area contributed by atoms with E-state index in [1.165, 1.54) is 33.4 Å². The van der Waals surface area contributed by atoms with Crippen LogP contribution in [0.4, 0.5) is 17.1 Å². The van der Waals surface area contributed by atoms with E-state index in [-0.39, 0.29) is 0 Å². The van der Waals surface area contributed by atoms with Crippen LogP contribution in [0.3, 0.4) is 0 Å². The summed E-state index contributed by atoms with van der Waals surface area (Å²) >= 11 is 0. The molecule has 2 nitrogen and oxygen atoms in total. The van der Waals surface area contributed by atoms with Gasteiger partial charge in [-0.15, -0.1) is 0 Å². The molecular formula is C42H29NO. The van der Waals surface area contributed by atoms with Gasteiger partial charge in [-0.25, -0.2) is 0 Å². The second-order valence-corrected chi connectivity index (χ2v) is 11.0. The zero-order chi connectivity index (χ0) is 29.3. The van der Waals surface area contributed by atoms with Gasteiger partial charge in [0, 0.05) is 22.1 Å². The van der Waals surface area contributed by atoms with Crippen molar-refractivity contribution >= 4 is 39.0 Å². The monoisotopic (exact) mass is 563 g/mol. The van der Waals surface area contributed by atoms with Crippen LogP contribution in [0.15, 0.2) is 180 Å². The van der Waals surface area contributed by atoms with E-state index in [1.807, 2.05) is 12.1 Å². The zero-order valence-electron chi connectivity index (χ0n) is 24.1. The van der Waals surface area contributed by atoms with Gasteiger partial charge in [0.25, 0.3) is 0 Å². The molecule has 7 aromatic carbocycles. The quantitative estimate of drug-likeness (QED) is 0.200. The first-order valence-corrected chi connectivity index (χ1v) is 14.9. The smallest absolute Gasteiger partial charge is 0.159 e. The molecule has 0 spiro atoms. The molecule has 0 unspecified atom stereocenters. The Hall–Kier alpha value is -5.86. The van der Waals surface area contributed by atoms with E-state index in [0.29, 0.717) is 0 Å². The van der Waals surface area contributed by atoms with Crippen molar-refractivity contribution in [2.75, 3.05) is 4.90 Å². The molecule has 0 N–H and O–H groups in total. The highest BCUT2D eigenvalue weighted by Crippen LogP contribution is 2.42. The summed E-state index contributed by atoms with van der Waals surface area (Å²) < 4.78 is 6.51. The Morgan fingerprint density at radius 2 is 0.795 bits per heavy atom. The molecular weight excluding hydrogens is 534 g/mol. The van der Waals surface area contributed by atoms with E-state index in [4.69, 9.17) is 4.42 Å². The Labute approximate surface area is 257 Å². The fourth-order valence-corrected chi connectivity index (χ4v) is 6.08. The van der Waals surface area contributed by atoms with Crippen LogP contribution in [-0.4, -0.2) is 0 Å². The summed E-state index contributed by atoms with van der Waals surface area (Å²) in [7, 11) is 0. The van der Waals surface area contributed by atoms with E-state index in [1.54, 1.807) is 0 Å². The van der Waals surface area contributed by atoms with E-state index in [9.17, 15) is 0 Å². The van der Waals surface area contributed by atoms with Crippen LogP contribution in [0.2, 0.25) is 0 Å². The molecule has 8 rings (SSSR count). The molecule has 0 saturated heterocycles. The Morgan fingerprint density at radius 1 is 0.341 bits per heavy atom. The van der Waals surface area contributed by atoms with Gasteiger partial charge in [0.2, 0.25) is 0 Å². The predicted octanol–water partition coefficient (Wildman–Crippen LogP) is 12.1. The van der Waals surface area contributed by atoms with Crippen molar-refractivity contribution in [3.63, 3.8) is 0 Å². The SMILES string of the molecule is c1ccc(-c2ccc(N(c3ccc(-c4cccc(-c5ccccc5)c4)cc3)c3cccc4c3oc3ccccc34)cc2)cc1. The molecule has 0 aliphatic heterocycles. The van der Waals surface area contributed by atoms with Crippen molar-refractivity contribution < 1.29 is 4.42 Å². The highest BCUT2D eigenvalue weighted by Gasteiger charge is 2.19. The second kappa shape index (κ2) is 11.1. The fourth-order valence-electron chi connectivity index (χ4n) is 6.08. The summed E-state index contributed by atoms with van der Waals surface area (Å²) in [5, 5.41) is 2.23. The van der Waals surface area contributed by atoms with Crippen LogP contribution in [0.5, 0.6) is 0 Å². The molecule has 0 saturated carbocycles. The van der Waals surface area contributed by atoms with Crippen LogP contribution >= 0.6 is 0 Å². The van der Waals surface area contributed by atoms with Crippen molar-refractivity contribution in [2.45, 2.75) is 0 Å². The maximum absolute atomic E-state index is 6.51. The van der Waals surface area contributed by atoms with Crippen LogP contribution in [0.1, 0.15) is 0 Å². The van der Waals surface area contributed by atoms with Gasteiger partial charge < -0.3 is 9.32 Å². The molecule has 1 aromatic heterocycles. The van der Waals surface area contributed by atoms with Gasteiger partial charge in [-0.05, 0) is 75.8 Å². The van der Waals surface area contributed by atoms with Gasteiger partial charge in [0.1, 0.15) is 5.58 Å². The Balaban J connectivity index is 1.23. The number of hydrogen-bond acceptors (Lipinski definition) is 2. The van der Waals surface area contributed by atoms with Gasteiger partial charge >= 0.3 is 0 Å². The van der Waals surface area contributed by atoms with E-state index in [0.717, 1.165) is 39.0 Å². The number of benzene rings is 7. The van der Waals surface area contributed by atoms with Crippen molar-refractivity contribution in [1.29, 1.82) is 0 Å². The average molecular weight is 564 g/mol. The van der Waals surface area contributed by atoms with E-state index >= 15 is 0 Å². The maximum atomic E-state index is 6.51. The van der Waals surface area contributed by atoms with Crippen molar-refractivity contribution in [3.8, 4) is 33.4 Å². The fraction of sp³-hybridized carbons (Fsp3) is 0. The first kappa shape index (κ1) is 25.8. The molecule has 0 aliphatic rings. The summed E-state index contributed by atoms with van der Waals surface area (Å²) in [6.07, 6.45) is 0. The minimum Gasteiger partial charge on any atom is -0.454 e. The number of furan rings is 1. The largest absolute Gasteiger partial charge is 0.454 e. The predicted molar refractivity (Wildman–Crippen MR) is 185 cm³/mol. The molecule has 0 bridgehead atoms. The second-order valence-electron chi connectivity index (χ2n) is 11.0. The summed E-state index contributed by atoms with van der Waals surface area (Å²) in [4.78, 5) is 2.30. The molecule has 208 valence electrons. The third kappa shape index (κ3) is 4.73. The molecule has 0 amide bonds. The Bertz CT molecular complexity index is 2200. The molecule has 44 heavy (non-hydrogen) atoms. The van der Waals surface area contributed by atoms with Crippen molar-refractivity contribution in [1.82, 2.24) is 0 Å². The molecule has 0 fully saturated rings. The van der Waals surface area contributed by atoms with Gasteiger partial charge in [-0.2, -0.15) is 0 Å². The van der Waals surface area contributed by atoms with E-state index < -0.39 is 0 Å². The molecule has 8 aromatic rings. The third-order valence-electron chi connectivity index (χ3n) is 8.29. The van der Waals surface area contributed by atoms with E-state index in [2.05, 4.69) is 169 Å². The molecule has 0 atom stereocenters. The number of rotatable bonds is 6. The summed E-state index contributed by atoms with van der Waals surface area (Å²) in [6.45, 7) is 0.